The normalized spacial score (nSPS) is 12.3. The van der Waals surface area contributed by atoms with Gasteiger partial charge >= 0.3 is 6.18 Å². The van der Waals surface area contributed by atoms with Crippen molar-refractivity contribution in [2.24, 2.45) is 0 Å². The number of carbonyl (C=O) groups excluding carboxylic acids is 1. The Morgan fingerprint density at radius 1 is 1.03 bits per heavy atom. The summed E-state index contributed by atoms with van der Waals surface area (Å²) in [6.07, 6.45) is -3.94. The van der Waals surface area contributed by atoms with Gasteiger partial charge in [0, 0.05) is 22.5 Å². The molecule has 0 saturated carbocycles. The maximum atomic E-state index is 13.1. The van der Waals surface area contributed by atoms with Gasteiger partial charge in [-0.25, -0.2) is 8.42 Å². The topological polar surface area (TPSA) is 79.6 Å². The van der Waals surface area contributed by atoms with E-state index in [-0.39, 0.29) is 5.02 Å². The van der Waals surface area contributed by atoms with E-state index in [2.05, 4.69) is 5.32 Å². The predicted molar refractivity (Wildman–Crippen MR) is 121 cm³/mol. The van der Waals surface area contributed by atoms with E-state index < -0.39 is 39.9 Å². The number of benzene rings is 3. The Balaban J connectivity index is 1.62. The molecule has 1 amide bonds. The average molecular weight is 497 g/mol. The number of furan rings is 1. The van der Waals surface area contributed by atoms with Gasteiger partial charge in [0.05, 0.1) is 22.5 Å². The number of sulfonamides is 1. The van der Waals surface area contributed by atoms with E-state index in [0.717, 1.165) is 29.2 Å². The number of hydrogen-bond acceptors (Lipinski definition) is 4. The summed E-state index contributed by atoms with van der Waals surface area (Å²) in [7, 11) is -4.14. The molecule has 0 saturated heterocycles. The van der Waals surface area contributed by atoms with Gasteiger partial charge in [-0.2, -0.15) is 13.2 Å². The van der Waals surface area contributed by atoms with Gasteiger partial charge < -0.3 is 9.73 Å². The molecule has 1 aromatic heterocycles. The minimum atomic E-state index is -4.72. The van der Waals surface area contributed by atoms with Crippen molar-refractivity contribution in [2.45, 2.75) is 6.18 Å². The molecule has 0 aliphatic carbocycles. The van der Waals surface area contributed by atoms with Crippen LogP contribution in [0.15, 0.2) is 65.1 Å². The van der Waals surface area contributed by atoms with Crippen LogP contribution < -0.4 is 9.62 Å². The van der Waals surface area contributed by atoms with Gasteiger partial charge in [0.1, 0.15) is 17.7 Å². The summed E-state index contributed by atoms with van der Waals surface area (Å²) in [6, 6.07) is 14.6. The summed E-state index contributed by atoms with van der Waals surface area (Å²) < 4.78 is 70.2. The van der Waals surface area contributed by atoms with E-state index in [0.29, 0.717) is 27.2 Å². The molecule has 0 bridgehead atoms. The number of nitrogens with zero attached hydrogens (tertiary/aromatic N) is 1. The highest BCUT2D eigenvalue weighted by Crippen LogP contribution is 2.36. The van der Waals surface area contributed by atoms with Crippen molar-refractivity contribution in [1.29, 1.82) is 0 Å². The van der Waals surface area contributed by atoms with Crippen LogP contribution in [-0.2, 0) is 21.0 Å². The van der Waals surface area contributed by atoms with Crippen molar-refractivity contribution in [3.63, 3.8) is 0 Å². The Labute approximate surface area is 191 Å². The molecule has 0 spiro atoms. The Kier molecular flexibility index (Phi) is 5.75. The minimum Gasteiger partial charge on any atom is -0.456 e. The fourth-order valence-electron chi connectivity index (χ4n) is 3.40. The largest absolute Gasteiger partial charge is 0.456 e. The number of fused-ring (bicyclic) bond motifs is 3. The number of rotatable bonds is 5. The lowest BCUT2D eigenvalue weighted by molar-refractivity contribution is -0.137. The van der Waals surface area contributed by atoms with Crippen LogP contribution in [0, 0.1) is 0 Å². The zero-order chi connectivity index (χ0) is 24.0. The molecule has 4 aromatic rings. The molecule has 1 N–H and O–H groups in total. The standard InChI is InChI=1S/C22H16ClF3N2O4S/c1-33(30,31)28(18-10-13(22(24,25)26)6-9-17(18)23)12-21(29)27-14-7-8-16-15-4-2-3-5-19(15)32-20(16)11-14/h2-11H,12H2,1H3,(H,27,29). The molecule has 0 aliphatic heterocycles. The van der Waals surface area contributed by atoms with Crippen molar-refractivity contribution in [3.05, 3.63) is 71.2 Å². The number of carbonyl (C=O) groups is 1. The van der Waals surface area contributed by atoms with Gasteiger partial charge in [0.15, 0.2) is 0 Å². The number of anilines is 2. The first-order valence-electron chi connectivity index (χ1n) is 9.49. The molecule has 172 valence electrons. The third kappa shape index (κ3) is 4.76. The van der Waals surface area contributed by atoms with Crippen LogP contribution in [0.5, 0.6) is 0 Å². The Bertz CT molecular complexity index is 1480. The number of para-hydroxylation sites is 1. The molecule has 0 unspecified atom stereocenters. The quantitative estimate of drug-likeness (QED) is 0.386. The van der Waals surface area contributed by atoms with E-state index in [9.17, 15) is 26.4 Å². The van der Waals surface area contributed by atoms with Crippen LogP contribution in [0.4, 0.5) is 24.5 Å². The molecular weight excluding hydrogens is 481 g/mol. The van der Waals surface area contributed by atoms with Crippen molar-refractivity contribution in [2.75, 3.05) is 22.4 Å². The summed E-state index contributed by atoms with van der Waals surface area (Å²) in [5.41, 5.74) is -0.0355. The SMILES string of the molecule is CS(=O)(=O)N(CC(=O)Nc1ccc2c(c1)oc1ccccc12)c1cc(C(F)(F)F)ccc1Cl. The smallest absolute Gasteiger partial charge is 0.416 e. The van der Waals surface area contributed by atoms with Crippen LogP contribution in [0.3, 0.4) is 0 Å². The maximum Gasteiger partial charge on any atom is 0.416 e. The number of hydrogen-bond donors (Lipinski definition) is 1. The first-order chi connectivity index (χ1) is 15.4. The summed E-state index contributed by atoms with van der Waals surface area (Å²) in [6.45, 7) is -0.780. The molecule has 3 aromatic carbocycles. The fourth-order valence-corrected chi connectivity index (χ4v) is 4.53. The van der Waals surface area contributed by atoms with Crippen molar-refractivity contribution in [3.8, 4) is 0 Å². The van der Waals surface area contributed by atoms with Gasteiger partial charge in [0.25, 0.3) is 0 Å². The highest BCUT2D eigenvalue weighted by atomic mass is 35.5. The number of alkyl halides is 3. The average Bonchev–Trinajstić information content (AvgIpc) is 3.08. The maximum absolute atomic E-state index is 13.1. The fraction of sp³-hybridized carbons (Fsp3) is 0.136. The lowest BCUT2D eigenvalue weighted by atomic mass is 10.1. The lowest BCUT2D eigenvalue weighted by Gasteiger charge is -2.24. The Morgan fingerprint density at radius 3 is 2.42 bits per heavy atom. The van der Waals surface area contributed by atoms with Crippen molar-refractivity contribution >= 4 is 60.8 Å². The first-order valence-corrected chi connectivity index (χ1v) is 11.7. The lowest BCUT2D eigenvalue weighted by Crippen LogP contribution is -2.37. The second-order valence-corrected chi connectivity index (χ2v) is 9.60. The van der Waals surface area contributed by atoms with Gasteiger partial charge in [-0.15, -0.1) is 0 Å². The molecule has 11 heteroatoms. The number of nitrogens with one attached hydrogen (secondary N) is 1. The molecule has 6 nitrogen and oxygen atoms in total. The van der Waals surface area contributed by atoms with Crippen LogP contribution in [-0.4, -0.2) is 27.1 Å². The van der Waals surface area contributed by atoms with E-state index in [1.807, 2.05) is 18.2 Å². The van der Waals surface area contributed by atoms with Gasteiger partial charge in [0.2, 0.25) is 15.9 Å². The molecule has 1 heterocycles. The molecule has 33 heavy (non-hydrogen) atoms. The molecule has 0 radical (unpaired) electrons. The zero-order valence-corrected chi connectivity index (χ0v) is 18.6. The van der Waals surface area contributed by atoms with E-state index in [1.54, 1.807) is 24.3 Å². The van der Waals surface area contributed by atoms with Crippen LogP contribution in [0.1, 0.15) is 5.56 Å². The van der Waals surface area contributed by atoms with Crippen LogP contribution in [0.2, 0.25) is 5.02 Å². The second kappa shape index (κ2) is 8.27. The summed E-state index contributed by atoms with van der Waals surface area (Å²) in [5.74, 6) is -0.774. The molecule has 0 fully saturated rings. The highest BCUT2D eigenvalue weighted by molar-refractivity contribution is 7.92. The number of amides is 1. The summed E-state index contributed by atoms with van der Waals surface area (Å²) >= 11 is 5.98. The summed E-state index contributed by atoms with van der Waals surface area (Å²) in [4.78, 5) is 12.6. The molecule has 0 atom stereocenters. The third-order valence-electron chi connectivity index (χ3n) is 4.89. The van der Waals surface area contributed by atoms with E-state index in [1.165, 1.54) is 0 Å². The molecule has 4 rings (SSSR count). The Morgan fingerprint density at radius 2 is 1.73 bits per heavy atom. The van der Waals surface area contributed by atoms with Crippen molar-refractivity contribution in [1.82, 2.24) is 0 Å². The molecular formula is C22H16ClF3N2O4S. The van der Waals surface area contributed by atoms with E-state index >= 15 is 0 Å². The number of halogens is 4. The first kappa shape index (κ1) is 22.9. The Hall–Kier alpha value is -3.24. The second-order valence-electron chi connectivity index (χ2n) is 7.29. The van der Waals surface area contributed by atoms with Crippen LogP contribution >= 0.6 is 11.6 Å². The van der Waals surface area contributed by atoms with Gasteiger partial charge in [-0.1, -0.05) is 29.8 Å². The van der Waals surface area contributed by atoms with Crippen molar-refractivity contribution < 1.29 is 30.8 Å². The monoisotopic (exact) mass is 496 g/mol. The van der Waals surface area contributed by atoms with Gasteiger partial charge in [-0.3, -0.25) is 9.10 Å². The third-order valence-corrected chi connectivity index (χ3v) is 6.34. The predicted octanol–water partition coefficient (Wildman–Crippen LogP) is 5.66. The van der Waals surface area contributed by atoms with E-state index in [4.69, 9.17) is 16.0 Å². The minimum absolute atomic E-state index is 0.245. The molecule has 0 aliphatic rings. The summed E-state index contributed by atoms with van der Waals surface area (Å²) in [5, 5.41) is 4.03. The van der Waals surface area contributed by atoms with Crippen LogP contribution in [0.25, 0.3) is 21.9 Å². The zero-order valence-electron chi connectivity index (χ0n) is 17.0. The van der Waals surface area contributed by atoms with Gasteiger partial charge in [-0.05, 0) is 36.4 Å². The highest BCUT2D eigenvalue weighted by Gasteiger charge is 2.33.